The van der Waals surface area contributed by atoms with Crippen LogP contribution in [-0.2, 0) is 38.3 Å². The van der Waals surface area contributed by atoms with Crippen LogP contribution in [0.1, 0.15) is 33.6 Å². The predicted octanol–water partition coefficient (Wildman–Crippen LogP) is 4.34. The molecular weight excluding hydrogens is 588 g/mol. The van der Waals surface area contributed by atoms with Gasteiger partial charge < -0.3 is 28.4 Å². The summed E-state index contributed by atoms with van der Waals surface area (Å²) in [5.41, 5.74) is 0.680. The molecule has 0 radical (unpaired) electrons. The van der Waals surface area contributed by atoms with Crippen molar-refractivity contribution >= 4 is 21.8 Å². The fourth-order valence-electron chi connectivity index (χ4n) is 5.32. The second-order valence-electron chi connectivity index (χ2n) is 10.4. The minimum absolute atomic E-state index is 0.0716. The molecule has 0 bridgehead atoms. The molecule has 0 spiro atoms. The highest BCUT2D eigenvalue weighted by Crippen LogP contribution is 2.37. The van der Waals surface area contributed by atoms with E-state index in [1.54, 1.807) is 91.0 Å². The largest absolute Gasteiger partial charge is 0.458 e. The molecule has 11 heteroatoms. The maximum Gasteiger partial charge on any atom is 0.338 e. The third-order valence-corrected chi connectivity index (χ3v) is 9.35. The fourth-order valence-corrected chi connectivity index (χ4v) is 7.00. The van der Waals surface area contributed by atoms with Crippen molar-refractivity contribution in [2.24, 2.45) is 5.92 Å². The van der Waals surface area contributed by atoms with Gasteiger partial charge in [0, 0.05) is 40.1 Å². The summed E-state index contributed by atoms with van der Waals surface area (Å²) >= 11 is 0. The number of hydrogen-bond donors (Lipinski definition) is 0. The minimum atomic E-state index is -3.72. The molecule has 1 heterocycles. The zero-order valence-corrected chi connectivity index (χ0v) is 25.8. The molecule has 10 nitrogen and oxygen atoms in total. The first-order valence-electron chi connectivity index (χ1n) is 14.3. The topological polar surface area (TPSA) is 124 Å². The van der Waals surface area contributed by atoms with E-state index in [2.05, 4.69) is 0 Å². The Labute approximate surface area is 258 Å². The predicted molar refractivity (Wildman–Crippen MR) is 161 cm³/mol. The minimum Gasteiger partial charge on any atom is -0.458 e. The summed E-state index contributed by atoms with van der Waals surface area (Å²) in [5.74, 6) is -2.04. The lowest BCUT2D eigenvalue weighted by molar-refractivity contribution is -0.133. The van der Waals surface area contributed by atoms with Crippen molar-refractivity contribution in [3.05, 3.63) is 102 Å². The molecule has 3 aromatic rings. The average molecular weight is 627 g/mol. The van der Waals surface area contributed by atoms with Crippen LogP contribution < -0.4 is 0 Å². The Morgan fingerprint density at radius 1 is 0.750 bits per heavy atom. The van der Waals surface area contributed by atoms with Crippen LogP contribution in [-0.4, -0.2) is 84.8 Å². The van der Waals surface area contributed by atoms with E-state index in [-0.39, 0.29) is 30.1 Å². The number of sulfone groups is 1. The Morgan fingerprint density at radius 3 is 1.84 bits per heavy atom. The number of carbonyl (C=O) groups excluding carboxylic acids is 2. The average Bonchev–Trinajstić information content (AvgIpc) is 3.37. The Kier molecular flexibility index (Phi) is 12.0. The van der Waals surface area contributed by atoms with E-state index in [0.29, 0.717) is 11.1 Å². The highest BCUT2D eigenvalue weighted by atomic mass is 32.2. The van der Waals surface area contributed by atoms with Crippen molar-refractivity contribution in [1.82, 2.24) is 0 Å². The van der Waals surface area contributed by atoms with Crippen LogP contribution >= 0.6 is 0 Å². The smallest absolute Gasteiger partial charge is 0.338 e. The molecule has 1 fully saturated rings. The van der Waals surface area contributed by atoms with E-state index >= 15 is 0 Å². The third-order valence-electron chi connectivity index (χ3n) is 7.54. The van der Waals surface area contributed by atoms with Gasteiger partial charge in [-0.3, -0.25) is 0 Å². The number of esters is 2. The van der Waals surface area contributed by atoms with Gasteiger partial charge in [0.15, 0.2) is 16.1 Å². The standard InChI is InChI=1S/C33H38O10S/c1-38-30(39-2)20-28-27(22-44(36,37)26-17-11-6-12-18-26)31(40-3)29(43-28)19-25(42-33(35)24-15-9-5-10-16-24)21-41-32(34)23-13-7-4-8-14-23/h4-18,25,27-31H,19-22H2,1-3H3/t25-,27-,28-,29+,31+/m0/s1. The van der Waals surface area contributed by atoms with Gasteiger partial charge in [-0.25, -0.2) is 18.0 Å². The van der Waals surface area contributed by atoms with Gasteiger partial charge in [0.1, 0.15) is 12.7 Å². The third kappa shape index (κ3) is 8.73. The van der Waals surface area contributed by atoms with Crippen molar-refractivity contribution in [2.75, 3.05) is 33.7 Å². The Balaban J connectivity index is 1.58. The van der Waals surface area contributed by atoms with E-state index in [4.69, 9.17) is 28.4 Å². The molecule has 1 aliphatic rings. The maximum absolute atomic E-state index is 13.5. The molecule has 3 aromatic carbocycles. The molecule has 0 N–H and O–H groups in total. The zero-order chi connectivity index (χ0) is 31.5. The number of ether oxygens (including phenoxy) is 6. The van der Waals surface area contributed by atoms with E-state index in [0.717, 1.165) is 0 Å². The normalized spacial score (nSPS) is 20.7. The van der Waals surface area contributed by atoms with Gasteiger partial charge in [0.2, 0.25) is 0 Å². The van der Waals surface area contributed by atoms with Crippen LogP contribution in [0.2, 0.25) is 0 Å². The second kappa shape index (κ2) is 15.9. The van der Waals surface area contributed by atoms with Gasteiger partial charge >= 0.3 is 11.9 Å². The first-order chi connectivity index (χ1) is 21.2. The van der Waals surface area contributed by atoms with E-state index in [9.17, 15) is 18.0 Å². The summed E-state index contributed by atoms with van der Waals surface area (Å²) in [6, 6.07) is 25.1. The molecule has 0 saturated carbocycles. The number of carbonyl (C=O) groups is 2. The van der Waals surface area contributed by atoms with Crippen LogP contribution in [0.5, 0.6) is 0 Å². The molecule has 0 unspecified atom stereocenters. The molecular formula is C33H38O10S. The van der Waals surface area contributed by atoms with Crippen LogP contribution in [0.4, 0.5) is 0 Å². The Morgan fingerprint density at radius 2 is 1.30 bits per heavy atom. The van der Waals surface area contributed by atoms with Crippen LogP contribution in [0.15, 0.2) is 95.9 Å². The molecule has 5 atom stereocenters. The van der Waals surface area contributed by atoms with E-state index in [1.807, 2.05) is 0 Å². The summed E-state index contributed by atoms with van der Waals surface area (Å²) in [6.07, 6.45) is -3.32. The van der Waals surface area contributed by atoms with Crippen molar-refractivity contribution in [2.45, 2.75) is 48.4 Å². The van der Waals surface area contributed by atoms with Gasteiger partial charge in [0.05, 0.1) is 40.1 Å². The van der Waals surface area contributed by atoms with Gasteiger partial charge in [-0.1, -0.05) is 54.6 Å². The van der Waals surface area contributed by atoms with Crippen molar-refractivity contribution in [3.63, 3.8) is 0 Å². The fraction of sp³-hybridized carbons (Fsp3) is 0.394. The Hall–Kier alpha value is -3.61. The highest BCUT2D eigenvalue weighted by Gasteiger charge is 2.48. The number of methoxy groups -OCH3 is 3. The summed E-state index contributed by atoms with van der Waals surface area (Å²) in [7, 11) is 0.739. The van der Waals surface area contributed by atoms with Gasteiger partial charge in [-0.15, -0.1) is 0 Å². The molecule has 1 saturated heterocycles. The quantitative estimate of drug-likeness (QED) is 0.178. The number of benzene rings is 3. The summed E-state index contributed by atoms with van der Waals surface area (Å²) in [6.45, 7) is -0.251. The lowest BCUT2D eigenvalue weighted by Crippen LogP contribution is -2.38. The molecule has 236 valence electrons. The maximum atomic E-state index is 13.5. The van der Waals surface area contributed by atoms with Crippen molar-refractivity contribution in [1.29, 1.82) is 0 Å². The van der Waals surface area contributed by atoms with Crippen LogP contribution in [0.25, 0.3) is 0 Å². The summed E-state index contributed by atoms with van der Waals surface area (Å²) in [4.78, 5) is 26.0. The second-order valence-corrected chi connectivity index (χ2v) is 12.4. The van der Waals surface area contributed by atoms with Crippen molar-refractivity contribution in [3.8, 4) is 0 Å². The summed E-state index contributed by atoms with van der Waals surface area (Å²) in [5, 5.41) is 0. The van der Waals surface area contributed by atoms with Gasteiger partial charge in [-0.05, 0) is 36.4 Å². The highest BCUT2D eigenvalue weighted by molar-refractivity contribution is 7.91. The van der Waals surface area contributed by atoms with Crippen LogP contribution in [0.3, 0.4) is 0 Å². The molecule has 0 amide bonds. The van der Waals surface area contributed by atoms with Crippen LogP contribution in [0, 0.1) is 5.92 Å². The first-order valence-corrected chi connectivity index (χ1v) is 15.9. The molecule has 0 aromatic heterocycles. The zero-order valence-electron chi connectivity index (χ0n) is 24.9. The summed E-state index contributed by atoms with van der Waals surface area (Å²) < 4.78 is 61.4. The SMILES string of the molecule is COC(C[C@@H]1O[C@H](C[C@@H](COC(=O)c2ccccc2)OC(=O)c2ccccc2)[C@H](OC)[C@H]1CS(=O)(=O)c1ccccc1)OC. The molecule has 4 rings (SSSR count). The Bertz CT molecular complexity index is 1430. The van der Waals surface area contributed by atoms with Gasteiger partial charge in [0.25, 0.3) is 0 Å². The number of rotatable bonds is 15. The molecule has 44 heavy (non-hydrogen) atoms. The number of hydrogen-bond acceptors (Lipinski definition) is 10. The lowest BCUT2D eigenvalue weighted by atomic mass is 9.94. The lowest BCUT2D eigenvalue weighted by Gasteiger charge is -2.26. The van der Waals surface area contributed by atoms with E-state index < -0.39 is 58.4 Å². The van der Waals surface area contributed by atoms with E-state index in [1.165, 1.54) is 21.3 Å². The monoisotopic (exact) mass is 626 g/mol. The first kappa shape index (κ1) is 33.3. The van der Waals surface area contributed by atoms with Crippen molar-refractivity contribution < 1.29 is 46.4 Å². The molecule has 1 aliphatic heterocycles. The van der Waals surface area contributed by atoms with Gasteiger partial charge in [-0.2, -0.15) is 0 Å². The molecule has 0 aliphatic carbocycles.